The zero-order valence-electron chi connectivity index (χ0n) is 23.3. The van der Waals surface area contributed by atoms with Gasteiger partial charge in [-0.1, -0.05) is 11.6 Å². The van der Waals surface area contributed by atoms with E-state index in [1.807, 2.05) is 13.8 Å². The number of amides is 2. The van der Waals surface area contributed by atoms with E-state index in [0.717, 1.165) is 0 Å². The van der Waals surface area contributed by atoms with Crippen LogP contribution in [-0.2, 0) is 28.5 Å². The molecule has 2 heterocycles. The number of carbonyl (C=O) groups is 3. The van der Waals surface area contributed by atoms with Gasteiger partial charge in [-0.05, 0) is 87.9 Å². The minimum Gasteiger partial charge on any atom is -0.462 e. The SMILES string of the molecule is CCOC(=O)c1ccc(NC(=O)CC2C(=O)N(c3ccc(Cl)cc3)C(=S)N2CCCOCC2COC(C)(C)O2)cc1. The average molecular weight is 604 g/mol. The molecule has 2 aliphatic heterocycles. The van der Waals surface area contributed by atoms with Gasteiger partial charge < -0.3 is 29.2 Å². The summed E-state index contributed by atoms with van der Waals surface area (Å²) in [7, 11) is 0. The van der Waals surface area contributed by atoms with Gasteiger partial charge in [0.25, 0.3) is 5.91 Å². The second-order valence-electron chi connectivity index (χ2n) is 10.1. The Hall–Kier alpha value is -3.09. The molecule has 12 heteroatoms. The molecule has 2 aromatic rings. The third-order valence-electron chi connectivity index (χ3n) is 6.52. The van der Waals surface area contributed by atoms with E-state index >= 15 is 0 Å². The molecule has 10 nitrogen and oxygen atoms in total. The van der Waals surface area contributed by atoms with E-state index in [9.17, 15) is 14.4 Å². The van der Waals surface area contributed by atoms with Crippen molar-refractivity contribution in [3.05, 3.63) is 59.1 Å². The van der Waals surface area contributed by atoms with Crippen molar-refractivity contribution in [2.75, 3.05) is 43.2 Å². The first-order valence-corrected chi connectivity index (χ1v) is 14.2. The number of carbonyl (C=O) groups excluding carboxylic acids is 3. The summed E-state index contributed by atoms with van der Waals surface area (Å²) >= 11 is 11.8. The monoisotopic (exact) mass is 603 g/mol. The fourth-order valence-corrected chi connectivity index (χ4v) is 5.14. The molecule has 2 unspecified atom stereocenters. The Bertz CT molecular complexity index is 1260. The summed E-state index contributed by atoms with van der Waals surface area (Å²) in [6.07, 6.45) is 0.320. The van der Waals surface area contributed by atoms with Gasteiger partial charge >= 0.3 is 5.97 Å². The first-order valence-electron chi connectivity index (χ1n) is 13.4. The van der Waals surface area contributed by atoms with Gasteiger partial charge in [-0.25, -0.2) is 4.79 Å². The normalized spacial score (nSPS) is 20.0. The van der Waals surface area contributed by atoms with E-state index < -0.39 is 17.8 Å². The van der Waals surface area contributed by atoms with Gasteiger partial charge in [0.05, 0.1) is 37.5 Å². The molecule has 41 heavy (non-hydrogen) atoms. The third-order valence-corrected chi connectivity index (χ3v) is 7.19. The number of rotatable bonds is 12. The predicted molar refractivity (Wildman–Crippen MR) is 158 cm³/mol. The van der Waals surface area contributed by atoms with E-state index in [1.54, 1.807) is 60.4 Å². The molecule has 2 atom stereocenters. The Kier molecular flexibility index (Phi) is 10.3. The number of hydrogen-bond acceptors (Lipinski definition) is 8. The molecular weight excluding hydrogens is 570 g/mol. The Morgan fingerprint density at radius 2 is 1.85 bits per heavy atom. The van der Waals surface area contributed by atoms with Crippen molar-refractivity contribution < 1.29 is 33.3 Å². The lowest BCUT2D eigenvalue weighted by Gasteiger charge is -2.24. The molecule has 220 valence electrons. The maximum absolute atomic E-state index is 13.6. The van der Waals surface area contributed by atoms with Crippen molar-refractivity contribution in [2.24, 2.45) is 0 Å². The molecule has 2 fully saturated rings. The highest BCUT2D eigenvalue weighted by Crippen LogP contribution is 2.29. The molecule has 4 rings (SSSR count). The zero-order valence-corrected chi connectivity index (χ0v) is 24.8. The Morgan fingerprint density at radius 1 is 1.15 bits per heavy atom. The second kappa shape index (κ2) is 13.7. The smallest absolute Gasteiger partial charge is 0.338 e. The first-order chi connectivity index (χ1) is 19.6. The maximum atomic E-state index is 13.6. The van der Waals surface area contributed by atoms with Gasteiger partial charge in [-0.15, -0.1) is 0 Å². The number of halogens is 1. The zero-order chi connectivity index (χ0) is 29.6. The number of nitrogens with one attached hydrogen (secondary N) is 1. The summed E-state index contributed by atoms with van der Waals surface area (Å²) in [6, 6.07) is 12.4. The van der Waals surface area contributed by atoms with Crippen LogP contribution in [0.25, 0.3) is 0 Å². The molecule has 0 bridgehead atoms. The standard InChI is InChI=1S/C29H34ClN3O7S/c1-4-38-27(36)19-6-10-21(11-7-19)31-25(34)16-24-26(35)33(22-12-8-20(30)9-13-22)28(41)32(24)14-5-15-37-17-23-18-39-29(2,3)40-23/h6-13,23-24H,4-5,14-18H2,1-3H3,(H,31,34). The highest BCUT2D eigenvalue weighted by atomic mass is 35.5. The number of anilines is 2. The van der Waals surface area contributed by atoms with Crippen LogP contribution < -0.4 is 10.2 Å². The molecular formula is C29H34ClN3O7S. The summed E-state index contributed by atoms with van der Waals surface area (Å²) in [4.78, 5) is 41.7. The number of ether oxygens (including phenoxy) is 4. The average Bonchev–Trinajstić information content (AvgIpc) is 3.39. The lowest BCUT2D eigenvalue weighted by molar-refractivity contribution is -0.145. The molecule has 0 saturated carbocycles. The van der Waals surface area contributed by atoms with Crippen LogP contribution in [0.5, 0.6) is 0 Å². The summed E-state index contributed by atoms with van der Waals surface area (Å²) in [5.74, 6) is -1.72. The van der Waals surface area contributed by atoms with Crippen LogP contribution in [0, 0.1) is 0 Å². The fourth-order valence-electron chi connectivity index (χ4n) is 4.60. The number of thiocarbonyl (C=S) groups is 1. The van der Waals surface area contributed by atoms with Crippen LogP contribution in [0.2, 0.25) is 5.02 Å². The van der Waals surface area contributed by atoms with E-state index in [2.05, 4.69) is 5.32 Å². The van der Waals surface area contributed by atoms with Crippen molar-refractivity contribution >= 4 is 58.1 Å². The second-order valence-corrected chi connectivity index (χ2v) is 10.9. The van der Waals surface area contributed by atoms with Crippen LogP contribution in [0.1, 0.15) is 44.0 Å². The third kappa shape index (κ3) is 8.02. The van der Waals surface area contributed by atoms with Crippen LogP contribution >= 0.6 is 23.8 Å². The van der Waals surface area contributed by atoms with Gasteiger partial charge in [0.1, 0.15) is 12.1 Å². The highest BCUT2D eigenvalue weighted by Gasteiger charge is 2.44. The van der Waals surface area contributed by atoms with Crippen LogP contribution in [0.15, 0.2) is 48.5 Å². The minimum atomic E-state index is -0.802. The molecule has 0 aliphatic carbocycles. The van der Waals surface area contributed by atoms with E-state index in [0.29, 0.717) is 59.9 Å². The molecule has 0 spiro atoms. The van der Waals surface area contributed by atoms with E-state index in [1.165, 1.54) is 4.90 Å². The summed E-state index contributed by atoms with van der Waals surface area (Å²) < 4.78 is 22.1. The van der Waals surface area contributed by atoms with Gasteiger partial charge in [0.15, 0.2) is 10.9 Å². The maximum Gasteiger partial charge on any atom is 0.338 e. The van der Waals surface area contributed by atoms with Gasteiger partial charge in [-0.2, -0.15) is 0 Å². The Labute approximate surface area is 249 Å². The van der Waals surface area contributed by atoms with Gasteiger partial charge in [0.2, 0.25) is 5.91 Å². The van der Waals surface area contributed by atoms with Gasteiger partial charge in [-0.3, -0.25) is 14.5 Å². The summed E-state index contributed by atoms with van der Waals surface area (Å²) in [5.41, 5.74) is 1.44. The Morgan fingerprint density at radius 3 is 2.49 bits per heavy atom. The largest absolute Gasteiger partial charge is 0.462 e. The van der Waals surface area contributed by atoms with Crippen molar-refractivity contribution in [1.29, 1.82) is 0 Å². The Balaban J connectivity index is 1.39. The lowest BCUT2D eigenvalue weighted by Crippen LogP contribution is -2.39. The van der Waals surface area contributed by atoms with Crippen molar-refractivity contribution in [1.82, 2.24) is 4.90 Å². The number of benzene rings is 2. The summed E-state index contributed by atoms with van der Waals surface area (Å²) in [5, 5.41) is 3.64. The topological polar surface area (TPSA) is 107 Å². The number of nitrogens with zero attached hydrogens (tertiary/aromatic N) is 2. The van der Waals surface area contributed by atoms with Gasteiger partial charge in [0, 0.05) is 23.9 Å². The summed E-state index contributed by atoms with van der Waals surface area (Å²) in [6.45, 7) is 7.41. The number of hydrogen-bond donors (Lipinski definition) is 1. The molecule has 1 N–H and O–H groups in total. The van der Waals surface area contributed by atoms with Crippen molar-refractivity contribution in [3.63, 3.8) is 0 Å². The molecule has 2 amide bonds. The van der Waals surface area contributed by atoms with Crippen molar-refractivity contribution in [3.8, 4) is 0 Å². The minimum absolute atomic E-state index is 0.119. The highest BCUT2D eigenvalue weighted by molar-refractivity contribution is 7.80. The van der Waals surface area contributed by atoms with Crippen LogP contribution in [0.3, 0.4) is 0 Å². The molecule has 2 aromatic carbocycles. The predicted octanol–water partition coefficient (Wildman–Crippen LogP) is 4.41. The van der Waals surface area contributed by atoms with Crippen molar-refractivity contribution in [2.45, 2.75) is 51.5 Å². The molecule has 2 aliphatic rings. The molecule has 2 saturated heterocycles. The molecule has 0 radical (unpaired) electrons. The molecule has 0 aromatic heterocycles. The van der Waals surface area contributed by atoms with Crippen LogP contribution in [0.4, 0.5) is 11.4 Å². The van der Waals surface area contributed by atoms with Crippen LogP contribution in [-0.4, -0.2) is 78.7 Å². The quantitative estimate of drug-likeness (QED) is 0.214. The van der Waals surface area contributed by atoms with E-state index in [-0.39, 0.29) is 30.9 Å². The van der Waals surface area contributed by atoms with E-state index in [4.69, 9.17) is 42.8 Å². The fraction of sp³-hybridized carbons (Fsp3) is 0.448. The number of esters is 1. The first kappa shape index (κ1) is 30.9. The lowest BCUT2D eigenvalue weighted by atomic mass is 10.1.